The molecule has 114 valence electrons. The highest BCUT2D eigenvalue weighted by Crippen LogP contribution is 2.35. The highest BCUT2D eigenvalue weighted by Gasteiger charge is 2.26. The Hall–Kier alpha value is -1.56. The molecule has 3 N–H and O–H groups in total. The molecule has 2 aromatic rings. The van der Waals surface area contributed by atoms with Crippen molar-refractivity contribution >= 4 is 33.1 Å². The summed E-state index contributed by atoms with van der Waals surface area (Å²) in [5.74, 6) is 0.508. The summed E-state index contributed by atoms with van der Waals surface area (Å²) in [5.41, 5.74) is 7.64. The maximum atomic E-state index is 12.6. The minimum Gasteiger partial charge on any atom is -0.397 e. The smallest absolute Gasteiger partial charge is 0.263 e. The number of nitrogens with one attached hydrogen (secondary N) is 1. The van der Waals surface area contributed by atoms with Gasteiger partial charge < -0.3 is 11.1 Å². The molecule has 5 nitrogen and oxygen atoms in total. The van der Waals surface area contributed by atoms with E-state index in [0.29, 0.717) is 16.5 Å². The van der Waals surface area contributed by atoms with E-state index in [1.807, 2.05) is 14.0 Å². The lowest BCUT2D eigenvalue weighted by Crippen LogP contribution is -2.40. The first kappa shape index (κ1) is 14.4. The number of hydrogen-bond donors (Lipinski definition) is 2. The fourth-order valence-electron chi connectivity index (χ4n) is 3.26. The Labute approximate surface area is 128 Å². The third-order valence-electron chi connectivity index (χ3n) is 4.52. The maximum absolute atomic E-state index is 12.6. The summed E-state index contributed by atoms with van der Waals surface area (Å²) in [5, 5.41) is 8.45. The van der Waals surface area contributed by atoms with Gasteiger partial charge in [0.15, 0.2) is 0 Å². The standard InChI is InChI=1S/C15H22N4OS/c1-8-6-4-5-7-10(8)17-14(20)13-12(16)11-9(2)18-19(3)15(11)21-13/h8,10H,4-7,16H2,1-3H3,(H,17,20). The fourth-order valence-corrected chi connectivity index (χ4v) is 4.35. The van der Waals surface area contributed by atoms with Crippen LogP contribution in [0.1, 0.15) is 48.0 Å². The molecule has 21 heavy (non-hydrogen) atoms. The summed E-state index contributed by atoms with van der Waals surface area (Å²) in [4.78, 5) is 14.1. The Bertz CT molecular complexity index is 687. The molecule has 2 heterocycles. The molecule has 0 spiro atoms. The number of nitrogens with zero attached hydrogens (tertiary/aromatic N) is 2. The number of nitrogen functional groups attached to an aromatic ring is 1. The number of carbonyl (C=O) groups excluding carboxylic acids is 1. The van der Waals surface area contributed by atoms with Crippen molar-refractivity contribution in [1.82, 2.24) is 15.1 Å². The van der Waals surface area contributed by atoms with Gasteiger partial charge in [0, 0.05) is 13.1 Å². The molecule has 1 aliphatic rings. The first-order valence-corrected chi connectivity index (χ1v) is 8.33. The summed E-state index contributed by atoms with van der Waals surface area (Å²) in [7, 11) is 1.89. The molecular formula is C15H22N4OS. The summed E-state index contributed by atoms with van der Waals surface area (Å²) in [6, 6.07) is 0.273. The third kappa shape index (κ3) is 2.41. The van der Waals surface area contributed by atoms with Gasteiger partial charge in [0.25, 0.3) is 5.91 Å². The van der Waals surface area contributed by atoms with Crippen molar-refractivity contribution in [3.05, 3.63) is 10.6 Å². The Kier molecular flexibility index (Phi) is 3.65. The van der Waals surface area contributed by atoms with Crippen LogP contribution in [0.2, 0.25) is 0 Å². The monoisotopic (exact) mass is 306 g/mol. The van der Waals surface area contributed by atoms with Gasteiger partial charge in [-0.1, -0.05) is 19.8 Å². The van der Waals surface area contributed by atoms with Crippen LogP contribution in [0.3, 0.4) is 0 Å². The molecule has 6 heteroatoms. The molecule has 1 amide bonds. The molecule has 2 unspecified atom stereocenters. The van der Waals surface area contributed by atoms with E-state index in [9.17, 15) is 4.79 Å². The van der Waals surface area contributed by atoms with Crippen LogP contribution < -0.4 is 11.1 Å². The number of hydrogen-bond acceptors (Lipinski definition) is 4. The van der Waals surface area contributed by atoms with E-state index in [1.54, 1.807) is 4.68 Å². The number of nitrogens with two attached hydrogens (primary N) is 1. The van der Waals surface area contributed by atoms with Gasteiger partial charge in [0.2, 0.25) is 0 Å². The number of fused-ring (bicyclic) bond motifs is 1. The van der Waals surface area contributed by atoms with Gasteiger partial charge in [-0.05, 0) is 25.7 Å². The van der Waals surface area contributed by atoms with Crippen LogP contribution in [-0.2, 0) is 7.05 Å². The van der Waals surface area contributed by atoms with E-state index >= 15 is 0 Å². The van der Waals surface area contributed by atoms with Gasteiger partial charge in [0.05, 0.1) is 16.8 Å². The lowest BCUT2D eigenvalue weighted by Gasteiger charge is -2.29. The Morgan fingerprint density at radius 2 is 2.14 bits per heavy atom. The number of amides is 1. The number of rotatable bonds is 2. The van der Waals surface area contributed by atoms with E-state index in [2.05, 4.69) is 17.3 Å². The number of anilines is 1. The SMILES string of the molecule is Cc1nn(C)c2sc(C(=O)NC3CCCCC3C)c(N)c12. The molecule has 3 rings (SSSR count). The second kappa shape index (κ2) is 5.33. The van der Waals surface area contributed by atoms with Crippen LogP contribution in [0.4, 0.5) is 5.69 Å². The molecule has 0 saturated heterocycles. The van der Waals surface area contributed by atoms with E-state index in [1.165, 1.54) is 30.6 Å². The number of carbonyl (C=O) groups is 1. The van der Waals surface area contributed by atoms with E-state index in [0.717, 1.165) is 22.3 Å². The average Bonchev–Trinajstić information content (AvgIpc) is 2.92. The number of aromatic nitrogens is 2. The van der Waals surface area contributed by atoms with Crippen molar-refractivity contribution in [2.75, 3.05) is 5.73 Å². The summed E-state index contributed by atoms with van der Waals surface area (Å²) >= 11 is 1.43. The Morgan fingerprint density at radius 1 is 1.43 bits per heavy atom. The predicted octanol–water partition coefficient (Wildman–Crippen LogP) is 2.83. The second-order valence-electron chi connectivity index (χ2n) is 6.08. The largest absolute Gasteiger partial charge is 0.397 e. The van der Waals surface area contributed by atoms with Crippen LogP contribution in [0, 0.1) is 12.8 Å². The summed E-state index contributed by atoms with van der Waals surface area (Å²) in [6.07, 6.45) is 4.72. The van der Waals surface area contributed by atoms with E-state index in [-0.39, 0.29) is 11.9 Å². The van der Waals surface area contributed by atoms with E-state index in [4.69, 9.17) is 5.73 Å². The quantitative estimate of drug-likeness (QED) is 0.896. The average molecular weight is 306 g/mol. The van der Waals surface area contributed by atoms with Gasteiger partial charge in [-0.25, -0.2) is 0 Å². The zero-order chi connectivity index (χ0) is 15.1. The fraction of sp³-hybridized carbons (Fsp3) is 0.600. The van der Waals surface area contributed by atoms with Crippen molar-refractivity contribution in [2.45, 2.75) is 45.6 Å². The number of thiophene rings is 1. The van der Waals surface area contributed by atoms with Crippen LogP contribution in [0.5, 0.6) is 0 Å². The maximum Gasteiger partial charge on any atom is 0.263 e. The van der Waals surface area contributed by atoms with Crippen molar-refractivity contribution in [3.63, 3.8) is 0 Å². The minimum absolute atomic E-state index is 0.0353. The molecule has 1 saturated carbocycles. The molecule has 2 aromatic heterocycles. The van der Waals surface area contributed by atoms with Gasteiger partial charge >= 0.3 is 0 Å². The Balaban J connectivity index is 1.88. The topological polar surface area (TPSA) is 72.9 Å². The van der Waals surface area contributed by atoms with Gasteiger partial charge in [-0.15, -0.1) is 11.3 Å². The van der Waals surface area contributed by atoms with Crippen LogP contribution in [-0.4, -0.2) is 21.7 Å². The molecular weight excluding hydrogens is 284 g/mol. The van der Waals surface area contributed by atoms with Crippen molar-refractivity contribution < 1.29 is 4.79 Å². The zero-order valence-corrected chi connectivity index (χ0v) is 13.6. The Morgan fingerprint density at radius 3 is 2.81 bits per heavy atom. The van der Waals surface area contributed by atoms with Crippen molar-refractivity contribution in [2.24, 2.45) is 13.0 Å². The highest BCUT2D eigenvalue weighted by molar-refractivity contribution is 7.21. The molecule has 1 fully saturated rings. The van der Waals surface area contributed by atoms with Gasteiger partial charge in [0.1, 0.15) is 9.71 Å². The normalized spacial score (nSPS) is 22.6. The molecule has 0 bridgehead atoms. The van der Waals surface area contributed by atoms with Gasteiger partial charge in [-0.2, -0.15) is 5.10 Å². The molecule has 0 aliphatic heterocycles. The summed E-state index contributed by atoms with van der Waals surface area (Å²) < 4.78 is 1.80. The second-order valence-corrected chi connectivity index (χ2v) is 7.07. The van der Waals surface area contributed by atoms with Gasteiger partial charge in [-0.3, -0.25) is 9.48 Å². The first-order chi connectivity index (χ1) is 9.99. The molecule has 0 radical (unpaired) electrons. The molecule has 1 aliphatic carbocycles. The minimum atomic E-state index is -0.0353. The lowest BCUT2D eigenvalue weighted by molar-refractivity contribution is 0.0915. The third-order valence-corrected chi connectivity index (χ3v) is 5.79. The lowest BCUT2D eigenvalue weighted by atomic mass is 9.86. The van der Waals surface area contributed by atoms with Crippen molar-refractivity contribution in [3.8, 4) is 0 Å². The first-order valence-electron chi connectivity index (χ1n) is 7.51. The summed E-state index contributed by atoms with van der Waals surface area (Å²) in [6.45, 7) is 4.14. The molecule has 0 aromatic carbocycles. The molecule has 2 atom stereocenters. The highest BCUT2D eigenvalue weighted by atomic mass is 32.1. The van der Waals surface area contributed by atoms with Crippen molar-refractivity contribution in [1.29, 1.82) is 0 Å². The zero-order valence-electron chi connectivity index (χ0n) is 12.8. The number of aryl methyl sites for hydroxylation is 2. The van der Waals surface area contributed by atoms with Crippen LogP contribution in [0.25, 0.3) is 10.2 Å². The van der Waals surface area contributed by atoms with Crippen LogP contribution in [0.15, 0.2) is 0 Å². The van der Waals surface area contributed by atoms with E-state index < -0.39 is 0 Å². The predicted molar refractivity (Wildman–Crippen MR) is 86.6 cm³/mol. The van der Waals surface area contributed by atoms with Crippen LogP contribution >= 0.6 is 11.3 Å².